The second kappa shape index (κ2) is 7.43. The van der Waals surface area contributed by atoms with E-state index in [9.17, 15) is 0 Å². The average Bonchev–Trinajstić information content (AvgIpc) is 2.21. The number of rotatable bonds is 9. The van der Waals surface area contributed by atoms with Gasteiger partial charge in [0.05, 0.1) is 0 Å². The molecule has 0 spiro atoms. The van der Waals surface area contributed by atoms with Crippen molar-refractivity contribution in [3.8, 4) is 0 Å². The summed E-state index contributed by atoms with van der Waals surface area (Å²) in [5.41, 5.74) is 0. The second-order valence-corrected chi connectivity index (χ2v) is 17.4. The summed E-state index contributed by atoms with van der Waals surface area (Å²) >= 11 is 0. The summed E-state index contributed by atoms with van der Waals surface area (Å²) in [5.74, 6) is 0. The molecule has 19 heavy (non-hydrogen) atoms. The van der Waals surface area contributed by atoms with E-state index in [1.165, 1.54) is 21.3 Å². The lowest BCUT2D eigenvalue weighted by atomic mass is 11.4. The van der Waals surface area contributed by atoms with Crippen molar-refractivity contribution in [3.05, 3.63) is 0 Å². The van der Waals surface area contributed by atoms with Gasteiger partial charge in [0.2, 0.25) is 6.48 Å². The summed E-state index contributed by atoms with van der Waals surface area (Å²) in [6.45, 7) is 11.6. The molecule has 0 radical (unpaired) electrons. The maximum absolute atomic E-state index is 5.90. The lowest BCUT2D eigenvalue weighted by molar-refractivity contribution is -0.198. The Morgan fingerprint density at radius 2 is 0.895 bits per heavy atom. The van der Waals surface area contributed by atoms with Crippen LogP contribution in [0.4, 0.5) is 0 Å². The van der Waals surface area contributed by atoms with E-state index in [4.69, 9.17) is 26.6 Å². The fourth-order valence-corrected chi connectivity index (χ4v) is 3.92. The van der Waals surface area contributed by atoms with Crippen molar-refractivity contribution in [1.29, 1.82) is 0 Å². The number of hydrogen-bond acceptors (Lipinski definition) is 6. The monoisotopic (exact) mass is 328 g/mol. The second-order valence-electron chi connectivity index (χ2n) is 5.98. The topological polar surface area (TPSA) is 55.4 Å². The molecule has 0 aliphatic heterocycles. The highest BCUT2D eigenvalue weighted by molar-refractivity contribution is 6.70. The van der Waals surface area contributed by atoms with Gasteiger partial charge in [-0.1, -0.05) is 0 Å². The van der Waals surface area contributed by atoms with E-state index in [1.54, 1.807) is 0 Å². The molecule has 0 fully saturated rings. The Morgan fingerprint density at radius 3 is 1.11 bits per heavy atom. The third-order valence-corrected chi connectivity index (χ3v) is 5.67. The average molecular weight is 329 g/mol. The molecule has 6 nitrogen and oxygen atoms in total. The fourth-order valence-electron chi connectivity index (χ4n) is 1.16. The first-order valence-corrected chi connectivity index (χ1v) is 14.6. The predicted molar refractivity (Wildman–Crippen MR) is 80.5 cm³/mol. The van der Waals surface area contributed by atoms with Gasteiger partial charge in [0.1, 0.15) is 0 Å². The van der Waals surface area contributed by atoms with Gasteiger partial charge in [0.25, 0.3) is 0 Å². The van der Waals surface area contributed by atoms with Crippen LogP contribution < -0.4 is 0 Å². The molecule has 9 heteroatoms. The maximum atomic E-state index is 5.90. The van der Waals surface area contributed by atoms with Gasteiger partial charge in [0.15, 0.2) is 16.6 Å². The van der Waals surface area contributed by atoms with Crippen LogP contribution >= 0.6 is 0 Å². The molecular formula is C10H28O6Si3. The van der Waals surface area contributed by atoms with Gasteiger partial charge in [-0.2, -0.15) is 0 Å². The lowest BCUT2D eigenvalue weighted by Crippen LogP contribution is -2.53. The predicted octanol–water partition coefficient (Wildman–Crippen LogP) is 2.36. The van der Waals surface area contributed by atoms with Crippen LogP contribution in [0, 0.1) is 0 Å². The van der Waals surface area contributed by atoms with E-state index in [-0.39, 0.29) is 0 Å². The van der Waals surface area contributed by atoms with Gasteiger partial charge in [-0.05, 0) is 39.3 Å². The smallest absolute Gasteiger partial charge is 0.373 e. The summed E-state index contributed by atoms with van der Waals surface area (Å²) in [6.07, 6.45) is 0. The van der Waals surface area contributed by atoms with Crippen LogP contribution in [-0.4, -0.2) is 53.5 Å². The highest BCUT2D eigenvalue weighted by atomic mass is 28.4. The van der Waals surface area contributed by atoms with Crippen molar-refractivity contribution in [1.82, 2.24) is 0 Å². The Morgan fingerprint density at radius 1 is 0.579 bits per heavy atom. The fraction of sp³-hybridized carbons (Fsp3) is 1.00. The molecule has 0 saturated heterocycles. The molecule has 0 aliphatic carbocycles. The largest absolute Gasteiger partial charge is 0.682 e. The standard InChI is InChI=1S/C10H28O6Si3/c1-11-19(12-2,13-3)16-10(14-17(4,5)6)15-18(7,8)9/h10H,1-9H3. The zero-order chi connectivity index (χ0) is 15.3. The minimum Gasteiger partial charge on any atom is -0.373 e. The highest BCUT2D eigenvalue weighted by Gasteiger charge is 2.47. The molecule has 0 heterocycles. The summed E-state index contributed by atoms with van der Waals surface area (Å²) in [4.78, 5) is 0. The zero-order valence-corrected chi connectivity index (χ0v) is 16.5. The van der Waals surface area contributed by atoms with Crippen molar-refractivity contribution in [2.45, 2.75) is 45.8 Å². The van der Waals surface area contributed by atoms with E-state index in [0.29, 0.717) is 0 Å². The first kappa shape index (κ1) is 19.4. The number of hydrogen-bond donors (Lipinski definition) is 0. The van der Waals surface area contributed by atoms with Crippen molar-refractivity contribution in [2.24, 2.45) is 0 Å². The molecular weight excluding hydrogens is 300 g/mol. The van der Waals surface area contributed by atoms with Crippen LogP contribution in [0.25, 0.3) is 0 Å². The molecule has 0 aromatic heterocycles. The van der Waals surface area contributed by atoms with Gasteiger partial charge < -0.3 is 26.6 Å². The molecule has 0 rings (SSSR count). The van der Waals surface area contributed by atoms with Crippen LogP contribution in [0.1, 0.15) is 0 Å². The lowest BCUT2D eigenvalue weighted by Gasteiger charge is -2.34. The van der Waals surface area contributed by atoms with E-state index in [0.717, 1.165) is 0 Å². The Balaban J connectivity index is 4.93. The van der Waals surface area contributed by atoms with Crippen molar-refractivity contribution < 1.29 is 26.6 Å². The van der Waals surface area contributed by atoms with Crippen molar-refractivity contribution in [3.63, 3.8) is 0 Å². The van der Waals surface area contributed by atoms with Gasteiger partial charge in [-0.25, -0.2) is 0 Å². The quantitative estimate of drug-likeness (QED) is 0.478. The molecule has 0 aliphatic rings. The van der Waals surface area contributed by atoms with E-state index in [1.807, 2.05) is 0 Å². The van der Waals surface area contributed by atoms with E-state index < -0.39 is 32.2 Å². The third-order valence-electron chi connectivity index (χ3n) is 1.89. The Kier molecular flexibility index (Phi) is 7.59. The Hall–Kier alpha value is 0.411. The van der Waals surface area contributed by atoms with Gasteiger partial charge in [-0.3, -0.25) is 0 Å². The molecule has 0 aromatic rings. The molecule has 0 amide bonds. The summed E-state index contributed by atoms with van der Waals surface area (Å²) in [6, 6.07) is 0. The first-order chi connectivity index (χ1) is 8.47. The molecule has 0 unspecified atom stereocenters. The van der Waals surface area contributed by atoms with E-state index >= 15 is 0 Å². The zero-order valence-electron chi connectivity index (χ0n) is 13.5. The van der Waals surface area contributed by atoms with Crippen LogP contribution in [0.3, 0.4) is 0 Å². The molecule has 116 valence electrons. The summed E-state index contributed by atoms with van der Waals surface area (Å²) in [5, 5.41) is 0. The van der Waals surface area contributed by atoms with Gasteiger partial charge >= 0.3 is 9.05 Å². The molecule has 0 saturated carbocycles. The summed E-state index contributed by atoms with van der Waals surface area (Å²) in [7, 11) is -2.39. The van der Waals surface area contributed by atoms with Crippen LogP contribution in [0.15, 0.2) is 0 Å². The van der Waals surface area contributed by atoms with E-state index in [2.05, 4.69) is 39.3 Å². The summed E-state index contributed by atoms with van der Waals surface area (Å²) < 4.78 is 33.2. The molecule has 0 atom stereocenters. The third kappa shape index (κ3) is 8.32. The van der Waals surface area contributed by atoms with Gasteiger partial charge in [-0.15, -0.1) is 0 Å². The Labute approximate surface area is 120 Å². The van der Waals surface area contributed by atoms with Crippen LogP contribution in [-0.2, 0) is 26.6 Å². The van der Waals surface area contributed by atoms with Gasteiger partial charge in [0, 0.05) is 21.3 Å². The minimum absolute atomic E-state index is 0.815. The molecule has 0 aromatic carbocycles. The first-order valence-electron chi connectivity index (χ1n) is 6.16. The van der Waals surface area contributed by atoms with Crippen molar-refractivity contribution >= 4 is 25.7 Å². The van der Waals surface area contributed by atoms with Crippen molar-refractivity contribution in [2.75, 3.05) is 21.3 Å². The van der Waals surface area contributed by atoms with Crippen LogP contribution in [0.2, 0.25) is 39.3 Å². The maximum Gasteiger partial charge on any atom is 0.682 e. The molecule has 0 bridgehead atoms. The normalized spacial score (nSPS) is 14.2. The van der Waals surface area contributed by atoms with Crippen LogP contribution in [0.5, 0.6) is 0 Å². The SMILES string of the molecule is CO[Si](OC)(OC)OC(O[Si](C)(C)C)O[Si](C)(C)C. The Bertz CT molecular complexity index is 235. The minimum atomic E-state index is -3.19. The highest BCUT2D eigenvalue weighted by Crippen LogP contribution is 2.20. The molecule has 0 N–H and O–H groups in total.